The first-order chi connectivity index (χ1) is 10.1. The molecule has 0 aliphatic heterocycles. The van der Waals surface area contributed by atoms with E-state index in [2.05, 4.69) is 5.32 Å². The van der Waals surface area contributed by atoms with Gasteiger partial charge in [-0.1, -0.05) is 36.2 Å². The standard InChI is InChI=1S/C16H21ClN2O2/c1-12(20)19(11-14-5-2-3-8-15(14)17)10-9-18-16(21)13-6-4-7-13/h2-3,5,8,13H,4,6-7,9-11H2,1H3,(H,18,21). The van der Waals surface area contributed by atoms with Crippen molar-refractivity contribution in [2.24, 2.45) is 5.92 Å². The SMILES string of the molecule is CC(=O)N(CCNC(=O)C1CCC1)Cc1ccccc1Cl. The van der Waals surface area contributed by atoms with Crippen LogP contribution in [0, 0.1) is 5.92 Å². The molecule has 0 heterocycles. The van der Waals surface area contributed by atoms with Gasteiger partial charge in [0.1, 0.15) is 0 Å². The fourth-order valence-electron chi connectivity index (χ4n) is 2.31. The van der Waals surface area contributed by atoms with Gasteiger partial charge in [0, 0.05) is 37.5 Å². The van der Waals surface area contributed by atoms with Crippen molar-refractivity contribution in [3.05, 3.63) is 34.9 Å². The topological polar surface area (TPSA) is 49.4 Å². The summed E-state index contributed by atoms with van der Waals surface area (Å²) in [6, 6.07) is 7.49. The molecule has 1 fully saturated rings. The molecular weight excluding hydrogens is 288 g/mol. The van der Waals surface area contributed by atoms with Crippen LogP contribution >= 0.6 is 11.6 Å². The van der Waals surface area contributed by atoms with Gasteiger partial charge in [0.25, 0.3) is 0 Å². The van der Waals surface area contributed by atoms with Crippen LogP contribution in [0.3, 0.4) is 0 Å². The number of hydrogen-bond donors (Lipinski definition) is 1. The third-order valence-electron chi connectivity index (χ3n) is 3.92. The van der Waals surface area contributed by atoms with Crippen molar-refractivity contribution in [3.63, 3.8) is 0 Å². The molecule has 0 unspecified atom stereocenters. The molecule has 114 valence electrons. The van der Waals surface area contributed by atoms with Crippen molar-refractivity contribution in [2.75, 3.05) is 13.1 Å². The average Bonchev–Trinajstić information content (AvgIpc) is 2.37. The molecule has 2 amide bonds. The molecule has 1 aliphatic carbocycles. The molecule has 1 N–H and O–H groups in total. The lowest BCUT2D eigenvalue weighted by atomic mass is 9.85. The quantitative estimate of drug-likeness (QED) is 0.878. The zero-order chi connectivity index (χ0) is 15.2. The van der Waals surface area contributed by atoms with Gasteiger partial charge >= 0.3 is 0 Å². The van der Waals surface area contributed by atoms with E-state index in [4.69, 9.17) is 11.6 Å². The Morgan fingerprint density at radius 3 is 2.62 bits per heavy atom. The maximum absolute atomic E-state index is 11.8. The Hall–Kier alpha value is -1.55. The number of halogens is 1. The highest BCUT2D eigenvalue weighted by Gasteiger charge is 2.24. The summed E-state index contributed by atoms with van der Waals surface area (Å²) in [6.07, 6.45) is 3.12. The van der Waals surface area contributed by atoms with E-state index in [1.165, 1.54) is 6.92 Å². The second-order valence-electron chi connectivity index (χ2n) is 5.45. The predicted octanol–water partition coefficient (Wildman–Crippen LogP) is 2.60. The van der Waals surface area contributed by atoms with E-state index in [0.29, 0.717) is 24.7 Å². The number of amides is 2. The summed E-state index contributed by atoms with van der Waals surface area (Å²) >= 11 is 6.12. The lowest BCUT2D eigenvalue weighted by Gasteiger charge is -2.26. The largest absolute Gasteiger partial charge is 0.354 e. The molecule has 0 spiro atoms. The van der Waals surface area contributed by atoms with Crippen molar-refractivity contribution in [3.8, 4) is 0 Å². The smallest absolute Gasteiger partial charge is 0.223 e. The van der Waals surface area contributed by atoms with E-state index >= 15 is 0 Å². The molecule has 0 atom stereocenters. The summed E-state index contributed by atoms with van der Waals surface area (Å²) in [5, 5.41) is 3.56. The van der Waals surface area contributed by atoms with E-state index in [9.17, 15) is 9.59 Å². The monoisotopic (exact) mass is 308 g/mol. The number of benzene rings is 1. The first kappa shape index (κ1) is 15.8. The van der Waals surface area contributed by atoms with Crippen LogP contribution in [-0.4, -0.2) is 29.8 Å². The first-order valence-corrected chi connectivity index (χ1v) is 7.72. The van der Waals surface area contributed by atoms with Crippen LogP contribution in [0.1, 0.15) is 31.7 Å². The Morgan fingerprint density at radius 2 is 2.05 bits per heavy atom. The number of carbonyl (C=O) groups is 2. The van der Waals surface area contributed by atoms with E-state index < -0.39 is 0 Å². The molecule has 2 rings (SSSR count). The number of hydrogen-bond acceptors (Lipinski definition) is 2. The maximum atomic E-state index is 11.8. The normalized spacial score (nSPS) is 14.4. The molecular formula is C16H21ClN2O2. The fourth-order valence-corrected chi connectivity index (χ4v) is 2.50. The molecule has 1 saturated carbocycles. The number of nitrogens with one attached hydrogen (secondary N) is 1. The Morgan fingerprint density at radius 1 is 1.33 bits per heavy atom. The molecule has 0 bridgehead atoms. The van der Waals surface area contributed by atoms with E-state index in [1.54, 1.807) is 4.90 Å². The minimum atomic E-state index is -0.0205. The zero-order valence-corrected chi connectivity index (χ0v) is 13.0. The highest BCUT2D eigenvalue weighted by molar-refractivity contribution is 6.31. The summed E-state index contributed by atoms with van der Waals surface area (Å²) in [7, 11) is 0. The summed E-state index contributed by atoms with van der Waals surface area (Å²) in [5.74, 6) is 0.273. The van der Waals surface area contributed by atoms with Crippen molar-refractivity contribution in [2.45, 2.75) is 32.7 Å². The van der Waals surface area contributed by atoms with Crippen LogP contribution in [0.25, 0.3) is 0 Å². The van der Waals surface area contributed by atoms with Crippen LogP contribution in [0.4, 0.5) is 0 Å². The van der Waals surface area contributed by atoms with Crippen LogP contribution < -0.4 is 5.32 Å². The second kappa shape index (κ2) is 7.46. The first-order valence-electron chi connectivity index (χ1n) is 7.34. The van der Waals surface area contributed by atoms with Crippen LogP contribution in [0.15, 0.2) is 24.3 Å². The highest BCUT2D eigenvalue weighted by atomic mass is 35.5. The molecule has 1 aromatic rings. The van der Waals surface area contributed by atoms with E-state index in [1.807, 2.05) is 24.3 Å². The fraction of sp³-hybridized carbons (Fsp3) is 0.500. The van der Waals surface area contributed by atoms with Crippen molar-refractivity contribution >= 4 is 23.4 Å². The summed E-state index contributed by atoms with van der Waals surface area (Å²) in [6.45, 7) is 2.98. The Labute approximate surface area is 130 Å². The van der Waals surface area contributed by atoms with Gasteiger partial charge in [0.05, 0.1) is 0 Å². The van der Waals surface area contributed by atoms with Gasteiger partial charge in [-0.3, -0.25) is 9.59 Å². The van der Waals surface area contributed by atoms with Crippen LogP contribution in [0.2, 0.25) is 5.02 Å². The number of rotatable bonds is 6. The third-order valence-corrected chi connectivity index (χ3v) is 4.29. The third kappa shape index (κ3) is 4.46. The van der Waals surface area contributed by atoms with Crippen molar-refractivity contribution < 1.29 is 9.59 Å². The van der Waals surface area contributed by atoms with Gasteiger partial charge in [-0.05, 0) is 24.5 Å². The van der Waals surface area contributed by atoms with Gasteiger partial charge in [0.2, 0.25) is 11.8 Å². The van der Waals surface area contributed by atoms with Crippen molar-refractivity contribution in [1.29, 1.82) is 0 Å². The van der Waals surface area contributed by atoms with Crippen LogP contribution in [-0.2, 0) is 16.1 Å². The Kier molecular flexibility index (Phi) is 5.62. The molecule has 0 aromatic heterocycles. The van der Waals surface area contributed by atoms with Gasteiger partial charge in [-0.15, -0.1) is 0 Å². The lowest BCUT2D eigenvalue weighted by molar-refractivity contribution is -0.131. The Balaban J connectivity index is 1.83. The molecule has 21 heavy (non-hydrogen) atoms. The summed E-state index contributed by atoms with van der Waals surface area (Å²) in [4.78, 5) is 25.2. The second-order valence-corrected chi connectivity index (χ2v) is 5.86. The number of nitrogens with zero attached hydrogens (tertiary/aromatic N) is 1. The summed E-state index contributed by atoms with van der Waals surface area (Å²) in [5.41, 5.74) is 0.916. The summed E-state index contributed by atoms with van der Waals surface area (Å²) < 4.78 is 0. The minimum absolute atomic E-state index is 0.0205. The average molecular weight is 309 g/mol. The van der Waals surface area contributed by atoms with E-state index in [-0.39, 0.29) is 17.7 Å². The minimum Gasteiger partial charge on any atom is -0.354 e. The van der Waals surface area contributed by atoms with E-state index in [0.717, 1.165) is 24.8 Å². The molecule has 5 heteroatoms. The van der Waals surface area contributed by atoms with Gasteiger partial charge < -0.3 is 10.2 Å². The predicted molar refractivity (Wildman–Crippen MR) is 82.9 cm³/mol. The number of carbonyl (C=O) groups excluding carboxylic acids is 2. The van der Waals surface area contributed by atoms with Gasteiger partial charge in [0.15, 0.2) is 0 Å². The molecule has 1 aromatic carbocycles. The Bertz CT molecular complexity index is 515. The van der Waals surface area contributed by atoms with Gasteiger partial charge in [-0.2, -0.15) is 0 Å². The van der Waals surface area contributed by atoms with Gasteiger partial charge in [-0.25, -0.2) is 0 Å². The highest BCUT2D eigenvalue weighted by Crippen LogP contribution is 2.26. The molecule has 1 aliphatic rings. The maximum Gasteiger partial charge on any atom is 0.223 e. The van der Waals surface area contributed by atoms with Crippen LogP contribution in [0.5, 0.6) is 0 Å². The zero-order valence-electron chi connectivity index (χ0n) is 12.3. The molecule has 0 saturated heterocycles. The molecule has 0 radical (unpaired) electrons. The lowest BCUT2D eigenvalue weighted by Crippen LogP contribution is -2.40. The van der Waals surface area contributed by atoms with Crippen molar-refractivity contribution in [1.82, 2.24) is 10.2 Å². The molecule has 4 nitrogen and oxygen atoms in total.